The summed E-state index contributed by atoms with van der Waals surface area (Å²) in [5.74, 6) is -1.17. The summed E-state index contributed by atoms with van der Waals surface area (Å²) in [6.07, 6.45) is 1.44. The van der Waals surface area contributed by atoms with E-state index < -0.39 is 11.6 Å². The van der Waals surface area contributed by atoms with E-state index in [9.17, 15) is 8.78 Å². The number of hydrogen-bond donors (Lipinski definition) is 1. The molecule has 1 N–H and O–H groups in total. The van der Waals surface area contributed by atoms with Crippen LogP contribution in [-0.2, 0) is 0 Å². The molecule has 0 spiro atoms. The normalized spacial score (nSPS) is 11.2. The maximum absolute atomic E-state index is 13.8. The average molecular weight is 399 g/mol. The van der Waals surface area contributed by atoms with Gasteiger partial charge in [-0.2, -0.15) is 0 Å². The molecule has 4 nitrogen and oxygen atoms in total. The Kier molecular flexibility index (Phi) is 4.51. The number of hydrogen-bond acceptors (Lipinski definition) is 3. The third-order valence-electron chi connectivity index (χ3n) is 4.97. The Hall–Kier alpha value is -2.99. The third kappa shape index (κ3) is 2.90. The number of halogens is 3. The van der Waals surface area contributed by atoms with Gasteiger partial charge in [-0.25, -0.2) is 18.7 Å². The van der Waals surface area contributed by atoms with Gasteiger partial charge in [0, 0.05) is 22.5 Å². The highest BCUT2D eigenvalue weighted by atomic mass is 35.5. The Labute approximate surface area is 165 Å². The fourth-order valence-electron chi connectivity index (χ4n) is 3.30. The minimum absolute atomic E-state index is 0.498. The van der Waals surface area contributed by atoms with E-state index >= 15 is 0 Å². The lowest BCUT2D eigenvalue weighted by Crippen LogP contribution is -2.01. The van der Waals surface area contributed by atoms with E-state index in [0.29, 0.717) is 22.2 Å². The van der Waals surface area contributed by atoms with Crippen molar-refractivity contribution in [2.45, 2.75) is 20.8 Å². The first-order chi connectivity index (χ1) is 13.4. The van der Waals surface area contributed by atoms with Crippen LogP contribution < -0.4 is 5.32 Å². The molecule has 142 valence electrons. The molecule has 0 atom stereocenters. The Morgan fingerprint density at radius 3 is 2.50 bits per heavy atom. The van der Waals surface area contributed by atoms with E-state index in [1.54, 1.807) is 4.57 Å². The molecule has 0 bridgehead atoms. The van der Waals surface area contributed by atoms with Crippen molar-refractivity contribution in [2.75, 3.05) is 5.32 Å². The number of fused-ring (bicyclic) bond motifs is 1. The molecule has 4 rings (SSSR count). The first-order valence-electron chi connectivity index (χ1n) is 8.68. The number of benzene rings is 2. The monoisotopic (exact) mass is 398 g/mol. The van der Waals surface area contributed by atoms with E-state index in [-0.39, 0.29) is 0 Å². The van der Waals surface area contributed by atoms with Gasteiger partial charge in [0.25, 0.3) is 0 Å². The van der Waals surface area contributed by atoms with Crippen LogP contribution in [0.4, 0.5) is 20.3 Å². The summed E-state index contributed by atoms with van der Waals surface area (Å²) in [5, 5.41) is 4.79. The minimum Gasteiger partial charge on any atom is -0.339 e. The molecular formula is C21H17ClF2N4. The van der Waals surface area contributed by atoms with Gasteiger partial charge in [-0.1, -0.05) is 17.7 Å². The highest BCUT2D eigenvalue weighted by molar-refractivity contribution is 6.31. The van der Waals surface area contributed by atoms with Crippen molar-refractivity contribution in [3.8, 4) is 5.69 Å². The maximum Gasteiger partial charge on any atom is 0.160 e. The lowest BCUT2D eigenvalue weighted by atomic mass is 10.1. The van der Waals surface area contributed by atoms with Crippen molar-refractivity contribution >= 4 is 34.1 Å². The molecule has 4 aromatic rings. The van der Waals surface area contributed by atoms with Crippen LogP contribution in [0.2, 0.25) is 5.02 Å². The molecule has 0 aliphatic carbocycles. The van der Waals surface area contributed by atoms with Crippen molar-refractivity contribution in [2.24, 2.45) is 0 Å². The first-order valence-corrected chi connectivity index (χ1v) is 9.06. The average Bonchev–Trinajstić information content (AvgIpc) is 2.93. The van der Waals surface area contributed by atoms with E-state index in [0.717, 1.165) is 40.0 Å². The number of nitrogens with zero attached hydrogens (tertiary/aromatic N) is 3. The molecule has 7 heteroatoms. The summed E-state index contributed by atoms with van der Waals surface area (Å²) in [6.45, 7) is 5.79. The van der Waals surface area contributed by atoms with Gasteiger partial charge < -0.3 is 5.32 Å². The number of anilines is 2. The lowest BCUT2D eigenvalue weighted by Gasteiger charge is -2.11. The molecule has 0 amide bonds. The largest absolute Gasteiger partial charge is 0.339 e. The SMILES string of the molecule is Cc1c(Cl)cccc1Nc1ncnc2c1c(C)c(C)n2-c1ccc(F)c(F)c1. The van der Waals surface area contributed by atoms with Crippen LogP contribution in [0.1, 0.15) is 16.8 Å². The first kappa shape index (κ1) is 18.4. The van der Waals surface area contributed by atoms with Crippen molar-refractivity contribution in [3.63, 3.8) is 0 Å². The van der Waals surface area contributed by atoms with Gasteiger partial charge in [-0.15, -0.1) is 0 Å². The molecule has 0 saturated carbocycles. The maximum atomic E-state index is 13.8. The standard InChI is InChI=1S/C21H17ClF2N4/c1-11-13(3)28(14-7-8-16(23)17(24)9-14)21-19(11)20(25-10-26-21)27-18-6-4-5-15(22)12(18)2/h4-10H,1-3H3,(H,25,26,27). The second-order valence-corrected chi connectivity index (χ2v) is 7.01. The molecule has 0 aliphatic rings. The minimum atomic E-state index is -0.904. The summed E-state index contributed by atoms with van der Waals surface area (Å²) in [5.41, 5.74) is 4.67. The second kappa shape index (κ2) is 6.87. The van der Waals surface area contributed by atoms with Crippen LogP contribution in [0.15, 0.2) is 42.7 Å². The molecule has 2 aromatic heterocycles. The van der Waals surface area contributed by atoms with Gasteiger partial charge >= 0.3 is 0 Å². The zero-order valence-corrected chi connectivity index (χ0v) is 16.3. The predicted molar refractivity (Wildman–Crippen MR) is 108 cm³/mol. The molecule has 0 aliphatic heterocycles. The summed E-state index contributed by atoms with van der Waals surface area (Å²) in [6, 6.07) is 9.41. The molecule has 0 saturated heterocycles. The van der Waals surface area contributed by atoms with Gasteiger partial charge in [0.1, 0.15) is 12.1 Å². The summed E-state index contributed by atoms with van der Waals surface area (Å²) in [4.78, 5) is 8.80. The van der Waals surface area contributed by atoms with Crippen LogP contribution in [0.3, 0.4) is 0 Å². The number of aryl methyl sites for hydroxylation is 1. The zero-order chi connectivity index (χ0) is 20.0. The molecule has 0 radical (unpaired) electrons. The Morgan fingerprint density at radius 1 is 0.964 bits per heavy atom. The molecule has 2 aromatic carbocycles. The van der Waals surface area contributed by atoms with E-state index in [4.69, 9.17) is 11.6 Å². The van der Waals surface area contributed by atoms with Gasteiger partial charge in [-0.05, 0) is 56.2 Å². The van der Waals surface area contributed by atoms with Gasteiger partial charge in [-0.3, -0.25) is 4.57 Å². The Bertz CT molecular complexity index is 1220. The smallest absolute Gasteiger partial charge is 0.160 e. The van der Waals surface area contributed by atoms with E-state index in [1.165, 1.54) is 12.4 Å². The molecular weight excluding hydrogens is 382 g/mol. The van der Waals surface area contributed by atoms with Crippen LogP contribution in [-0.4, -0.2) is 14.5 Å². The Balaban J connectivity index is 1.92. The summed E-state index contributed by atoms with van der Waals surface area (Å²) >= 11 is 6.22. The second-order valence-electron chi connectivity index (χ2n) is 6.60. The number of rotatable bonds is 3. The van der Waals surface area contributed by atoms with Crippen LogP contribution in [0.25, 0.3) is 16.7 Å². The summed E-state index contributed by atoms with van der Waals surface area (Å²) in [7, 11) is 0. The molecule has 2 heterocycles. The van der Waals surface area contributed by atoms with Crippen LogP contribution >= 0.6 is 11.6 Å². The lowest BCUT2D eigenvalue weighted by molar-refractivity contribution is 0.508. The van der Waals surface area contributed by atoms with Gasteiger partial charge in [0.2, 0.25) is 0 Å². The topological polar surface area (TPSA) is 42.7 Å². The quantitative estimate of drug-likeness (QED) is 0.458. The fourth-order valence-corrected chi connectivity index (χ4v) is 3.48. The van der Waals surface area contributed by atoms with Crippen molar-refractivity contribution in [1.82, 2.24) is 14.5 Å². The van der Waals surface area contributed by atoms with Crippen LogP contribution in [0, 0.1) is 32.4 Å². The van der Waals surface area contributed by atoms with Crippen molar-refractivity contribution in [1.29, 1.82) is 0 Å². The Morgan fingerprint density at radius 2 is 1.75 bits per heavy atom. The summed E-state index contributed by atoms with van der Waals surface area (Å²) < 4.78 is 29.0. The molecule has 0 fully saturated rings. The highest BCUT2D eigenvalue weighted by Crippen LogP contribution is 2.34. The van der Waals surface area contributed by atoms with Crippen LogP contribution in [0.5, 0.6) is 0 Å². The van der Waals surface area contributed by atoms with E-state index in [2.05, 4.69) is 15.3 Å². The van der Waals surface area contributed by atoms with Gasteiger partial charge in [0.15, 0.2) is 17.3 Å². The predicted octanol–water partition coefficient (Wildman–Crippen LogP) is 6.02. The van der Waals surface area contributed by atoms with Crippen molar-refractivity contribution in [3.05, 3.63) is 76.2 Å². The highest BCUT2D eigenvalue weighted by Gasteiger charge is 2.19. The van der Waals surface area contributed by atoms with Crippen molar-refractivity contribution < 1.29 is 8.78 Å². The zero-order valence-electron chi connectivity index (χ0n) is 15.5. The van der Waals surface area contributed by atoms with Gasteiger partial charge in [0.05, 0.1) is 11.1 Å². The van der Waals surface area contributed by atoms with E-state index in [1.807, 2.05) is 39.0 Å². The fraction of sp³-hybridized carbons (Fsp3) is 0.143. The molecule has 28 heavy (non-hydrogen) atoms. The number of aromatic nitrogens is 3. The molecule has 0 unspecified atom stereocenters. The third-order valence-corrected chi connectivity index (χ3v) is 5.38. The number of nitrogens with one attached hydrogen (secondary N) is 1.